The van der Waals surface area contributed by atoms with Gasteiger partial charge >= 0.3 is 0 Å². The third-order valence-corrected chi connectivity index (χ3v) is 3.07. The van der Waals surface area contributed by atoms with E-state index in [9.17, 15) is 0 Å². The van der Waals surface area contributed by atoms with Gasteiger partial charge in [0.05, 0.1) is 11.7 Å². The first kappa shape index (κ1) is 12.1. The first-order valence-corrected chi connectivity index (χ1v) is 5.88. The van der Waals surface area contributed by atoms with Crippen molar-refractivity contribution < 1.29 is 0 Å². The van der Waals surface area contributed by atoms with E-state index in [4.69, 9.17) is 17.4 Å². The average molecular weight is 251 g/mol. The fraction of sp³-hybridized carbons (Fsp3) is 0.250. The Labute approximate surface area is 105 Å². The van der Waals surface area contributed by atoms with Crippen molar-refractivity contribution in [2.75, 3.05) is 0 Å². The van der Waals surface area contributed by atoms with Crippen LogP contribution in [0.5, 0.6) is 0 Å². The molecule has 90 valence electrons. The van der Waals surface area contributed by atoms with Crippen LogP contribution in [0.2, 0.25) is 5.02 Å². The summed E-state index contributed by atoms with van der Waals surface area (Å²) in [5.41, 5.74) is 4.74. The van der Waals surface area contributed by atoms with Gasteiger partial charge in [-0.15, -0.1) is 0 Å². The first-order valence-electron chi connectivity index (χ1n) is 5.50. The number of aryl methyl sites for hydroxylation is 1. The predicted molar refractivity (Wildman–Crippen MR) is 68.5 cm³/mol. The van der Waals surface area contributed by atoms with Gasteiger partial charge in [0, 0.05) is 17.8 Å². The van der Waals surface area contributed by atoms with Crippen molar-refractivity contribution in [3.05, 3.63) is 52.8 Å². The van der Waals surface area contributed by atoms with Gasteiger partial charge in [-0.2, -0.15) is 5.10 Å². The van der Waals surface area contributed by atoms with Gasteiger partial charge in [-0.1, -0.05) is 29.8 Å². The summed E-state index contributed by atoms with van der Waals surface area (Å²) in [6, 6.07) is 9.45. The Bertz CT molecular complexity index is 495. The first-order chi connectivity index (χ1) is 8.27. The van der Waals surface area contributed by atoms with E-state index in [-0.39, 0.29) is 6.04 Å². The largest absolute Gasteiger partial charge is 0.271 e. The van der Waals surface area contributed by atoms with Gasteiger partial charge < -0.3 is 0 Å². The number of halogens is 1. The molecule has 0 saturated carbocycles. The van der Waals surface area contributed by atoms with Crippen LogP contribution in [0.4, 0.5) is 0 Å². The summed E-state index contributed by atoms with van der Waals surface area (Å²) >= 11 is 6.18. The van der Waals surface area contributed by atoms with Crippen molar-refractivity contribution in [3.63, 3.8) is 0 Å². The molecule has 1 unspecified atom stereocenters. The normalized spacial score (nSPS) is 12.6. The molecule has 0 spiro atoms. The van der Waals surface area contributed by atoms with Gasteiger partial charge in [0.1, 0.15) is 0 Å². The van der Waals surface area contributed by atoms with Crippen LogP contribution in [0.15, 0.2) is 36.5 Å². The lowest BCUT2D eigenvalue weighted by molar-refractivity contribution is 0.543. The number of hydrogen-bond acceptors (Lipinski definition) is 3. The summed E-state index contributed by atoms with van der Waals surface area (Å²) < 4.78 is 1.90. The van der Waals surface area contributed by atoms with Crippen LogP contribution >= 0.6 is 11.6 Å². The zero-order valence-electron chi connectivity index (χ0n) is 9.60. The Kier molecular flexibility index (Phi) is 3.78. The molecule has 1 heterocycles. The molecule has 0 saturated heterocycles. The van der Waals surface area contributed by atoms with Crippen molar-refractivity contribution in [1.29, 1.82) is 0 Å². The number of hydrazine groups is 1. The number of aromatic nitrogens is 2. The molecule has 3 N–H and O–H groups in total. The standard InChI is InChI=1S/C12H15ClN4/c1-2-17-11(7-8-15-17)12(16-14)9-5-3-4-6-10(9)13/h3-8,12,16H,2,14H2,1H3. The van der Waals surface area contributed by atoms with Crippen molar-refractivity contribution in [1.82, 2.24) is 15.2 Å². The predicted octanol–water partition coefficient (Wildman–Crippen LogP) is 2.11. The zero-order valence-corrected chi connectivity index (χ0v) is 10.4. The smallest absolute Gasteiger partial charge is 0.0892 e. The van der Waals surface area contributed by atoms with Gasteiger partial charge in [-0.05, 0) is 24.6 Å². The fourth-order valence-electron chi connectivity index (χ4n) is 1.90. The minimum atomic E-state index is -0.147. The van der Waals surface area contributed by atoms with Crippen LogP contribution in [0.1, 0.15) is 24.2 Å². The Morgan fingerprint density at radius 2 is 2.18 bits per heavy atom. The number of nitrogens with zero attached hydrogens (tertiary/aromatic N) is 2. The number of benzene rings is 1. The van der Waals surface area contributed by atoms with Gasteiger partial charge in [0.25, 0.3) is 0 Å². The van der Waals surface area contributed by atoms with Crippen LogP contribution < -0.4 is 11.3 Å². The van der Waals surface area contributed by atoms with Gasteiger partial charge in [-0.3, -0.25) is 10.5 Å². The van der Waals surface area contributed by atoms with E-state index in [0.29, 0.717) is 5.02 Å². The minimum Gasteiger partial charge on any atom is -0.271 e. The lowest BCUT2D eigenvalue weighted by atomic mass is 10.0. The monoisotopic (exact) mass is 250 g/mol. The number of nitrogens with one attached hydrogen (secondary N) is 1. The SMILES string of the molecule is CCn1nccc1C(NN)c1ccccc1Cl. The number of rotatable bonds is 4. The number of hydrogen-bond donors (Lipinski definition) is 2. The molecule has 4 nitrogen and oxygen atoms in total. The summed E-state index contributed by atoms with van der Waals surface area (Å²) in [6.45, 7) is 2.83. The van der Waals surface area contributed by atoms with Crippen molar-refractivity contribution in [2.45, 2.75) is 19.5 Å². The molecule has 5 heteroatoms. The third-order valence-electron chi connectivity index (χ3n) is 2.73. The summed E-state index contributed by atoms with van der Waals surface area (Å²) in [5.74, 6) is 5.64. The average Bonchev–Trinajstić information content (AvgIpc) is 2.81. The molecular weight excluding hydrogens is 236 g/mol. The topological polar surface area (TPSA) is 55.9 Å². The molecule has 0 radical (unpaired) electrons. The van der Waals surface area contributed by atoms with E-state index in [1.165, 1.54) is 0 Å². The Hall–Kier alpha value is -1.36. The Balaban J connectivity index is 2.44. The molecule has 17 heavy (non-hydrogen) atoms. The highest BCUT2D eigenvalue weighted by atomic mass is 35.5. The maximum atomic E-state index is 6.18. The van der Waals surface area contributed by atoms with Crippen molar-refractivity contribution in [3.8, 4) is 0 Å². The molecule has 0 aliphatic heterocycles. The highest BCUT2D eigenvalue weighted by molar-refractivity contribution is 6.31. The lowest BCUT2D eigenvalue weighted by Gasteiger charge is -2.18. The maximum Gasteiger partial charge on any atom is 0.0892 e. The van der Waals surface area contributed by atoms with Gasteiger partial charge in [0.2, 0.25) is 0 Å². The van der Waals surface area contributed by atoms with E-state index in [1.807, 2.05) is 41.9 Å². The van der Waals surface area contributed by atoms with Gasteiger partial charge in [0.15, 0.2) is 0 Å². The molecule has 0 bridgehead atoms. The van der Waals surface area contributed by atoms with Crippen LogP contribution in [0.3, 0.4) is 0 Å². The maximum absolute atomic E-state index is 6.18. The highest BCUT2D eigenvalue weighted by Gasteiger charge is 2.18. The van der Waals surface area contributed by atoms with E-state index in [1.54, 1.807) is 6.20 Å². The molecule has 1 aromatic heterocycles. The van der Waals surface area contributed by atoms with Crippen LogP contribution in [0.25, 0.3) is 0 Å². The summed E-state index contributed by atoms with van der Waals surface area (Å²) in [6.07, 6.45) is 1.76. The van der Waals surface area contributed by atoms with E-state index in [0.717, 1.165) is 17.8 Å². The molecule has 0 aliphatic rings. The van der Waals surface area contributed by atoms with E-state index < -0.39 is 0 Å². The summed E-state index contributed by atoms with van der Waals surface area (Å²) in [5, 5.41) is 4.93. The van der Waals surface area contributed by atoms with Gasteiger partial charge in [-0.25, -0.2) is 5.43 Å². The second-order valence-electron chi connectivity index (χ2n) is 3.69. The van der Waals surface area contributed by atoms with E-state index >= 15 is 0 Å². The quantitative estimate of drug-likeness (QED) is 0.646. The number of nitrogens with two attached hydrogens (primary N) is 1. The Morgan fingerprint density at radius 3 is 2.82 bits per heavy atom. The van der Waals surface area contributed by atoms with Crippen LogP contribution in [0, 0.1) is 0 Å². The molecule has 0 aliphatic carbocycles. The second-order valence-corrected chi connectivity index (χ2v) is 4.10. The molecule has 1 atom stereocenters. The molecule has 2 aromatic rings. The molecule has 0 fully saturated rings. The Morgan fingerprint density at radius 1 is 1.41 bits per heavy atom. The summed E-state index contributed by atoms with van der Waals surface area (Å²) in [7, 11) is 0. The molecule has 0 amide bonds. The summed E-state index contributed by atoms with van der Waals surface area (Å²) in [4.78, 5) is 0. The fourth-order valence-corrected chi connectivity index (χ4v) is 2.14. The van der Waals surface area contributed by atoms with Crippen molar-refractivity contribution >= 4 is 11.6 Å². The lowest BCUT2D eigenvalue weighted by Crippen LogP contribution is -2.30. The third kappa shape index (κ3) is 2.34. The minimum absolute atomic E-state index is 0.147. The molecule has 1 aromatic carbocycles. The highest BCUT2D eigenvalue weighted by Crippen LogP contribution is 2.27. The molecule has 2 rings (SSSR count). The van der Waals surface area contributed by atoms with Crippen LogP contribution in [-0.4, -0.2) is 9.78 Å². The zero-order chi connectivity index (χ0) is 12.3. The van der Waals surface area contributed by atoms with Crippen LogP contribution in [-0.2, 0) is 6.54 Å². The van der Waals surface area contributed by atoms with Crippen molar-refractivity contribution in [2.24, 2.45) is 5.84 Å². The van der Waals surface area contributed by atoms with E-state index in [2.05, 4.69) is 10.5 Å². The second kappa shape index (κ2) is 5.31. The molecular formula is C12H15ClN4.